The third kappa shape index (κ3) is 1.50. The van der Waals surface area contributed by atoms with E-state index in [-0.39, 0.29) is 6.61 Å². The lowest BCUT2D eigenvalue weighted by Crippen LogP contribution is -2.41. The molecular formula is C9H11NO5. The van der Waals surface area contributed by atoms with Crippen LogP contribution in [0.2, 0.25) is 0 Å². The van der Waals surface area contributed by atoms with E-state index in [9.17, 15) is 14.9 Å². The number of carbonyl (C=O) groups excluding carboxylic acids is 1. The van der Waals surface area contributed by atoms with Crippen LogP contribution in [0.3, 0.4) is 0 Å². The number of esters is 1. The van der Waals surface area contributed by atoms with Crippen molar-refractivity contribution < 1.29 is 19.2 Å². The molecule has 6 nitrogen and oxygen atoms in total. The maximum Gasteiger partial charge on any atom is 0.319 e. The van der Waals surface area contributed by atoms with Gasteiger partial charge in [0.2, 0.25) is 0 Å². The van der Waals surface area contributed by atoms with Gasteiger partial charge >= 0.3 is 5.97 Å². The van der Waals surface area contributed by atoms with Gasteiger partial charge in [0.1, 0.15) is 6.10 Å². The average Bonchev–Trinajstić information content (AvgIpc) is 2.76. The van der Waals surface area contributed by atoms with Crippen LogP contribution in [0.1, 0.15) is 6.92 Å². The molecule has 2 rings (SSSR count). The number of nitrogens with zero attached hydrogens (tertiary/aromatic N) is 1. The first kappa shape index (κ1) is 10.1. The molecule has 82 valence electrons. The zero-order valence-electron chi connectivity index (χ0n) is 8.16. The summed E-state index contributed by atoms with van der Waals surface area (Å²) in [4.78, 5) is 21.8. The summed E-state index contributed by atoms with van der Waals surface area (Å²) in [5.74, 6) is -1.34. The summed E-state index contributed by atoms with van der Waals surface area (Å²) in [6.45, 7) is 1.89. The van der Waals surface area contributed by atoms with E-state index in [0.717, 1.165) is 0 Å². The highest BCUT2D eigenvalue weighted by Gasteiger charge is 2.57. The molecule has 2 heterocycles. The van der Waals surface area contributed by atoms with E-state index in [1.807, 2.05) is 0 Å². The van der Waals surface area contributed by atoms with Gasteiger partial charge in [-0.1, -0.05) is 12.2 Å². The Kier molecular flexibility index (Phi) is 2.44. The number of hydrogen-bond donors (Lipinski definition) is 0. The highest BCUT2D eigenvalue weighted by Crippen LogP contribution is 2.36. The third-order valence-corrected chi connectivity index (χ3v) is 2.67. The standard InChI is InChI=1S/C9H11NO5/c1-2-14-9(11)7-5-3-4-6(15-5)8(7)10(12)13/h3-8H,2H2,1H3/t5-,6+,7+,8+/m0/s1. The molecule has 6 heteroatoms. The first-order chi connectivity index (χ1) is 7.15. The van der Waals surface area contributed by atoms with Crippen LogP contribution in [0, 0.1) is 16.0 Å². The fourth-order valence-electron chi connectivity index (χ4n) is 2.05. The monoisotopic (exact) mass is 213 g/mol. The molecule has 0 amide bonds. The lowest BCUT2D eigenvalue weighted by molar-refractivity contribution is -0.530. The summed E-state index contributed by atoms with van der Waals surface area (Å²) in [6.07, 6.45) is 2.24. The molecule has 0 aromatic heterocycles. The molecule has 0 aromatic rings. The lowest BCUT2D eigenvalue weighted by atomic mass is 9.89. The molecule has 0 spiro atoms. The van der Waals surface area contributed by atoms with Crippen molar-refractivity contribution in [1.82, 2.24) is 0 Å². The maximum atomic E-state index is 11.5. The van der Waals surface area contributed by atoms with Gasteiger partial charge in [0.05, 0.1) is 12.7 Å². The molecule has 0 N–H and O–H groups in total. The Labute approximate surface area is 86.0 Å². The van der Waals surface area contributed by atoms with Crippen molar-refractivity contribution in [2.75, 3.05) is 6.61 Å². The SMILES string of the molecule is CCOC(=O)[C@H]1[C@H]([N+](=O)[O-])[C@H]2C=C[C@@H]1O2. The normalized spacial score (nSPS) is 36.9. The average molecular weight is 213 g/mol. The number of carbonyl (C=O) groups is 1. The number of rotatable bonds is 3. The van der Waals surface area contributed by atoms with Gasteiger partial charge < -0.3 is 9.47 Å². The Morgan fingerprint density at radius 3 is 2.80 bits per heavy atom. The van der Waals surface area contributed by atoms with E-state index >= 15 is 0 Å². The highest BCUT2D eigenvalue weighted by molar-refractivity contribution is 5.75. The second-order valence-corrected chi connectivity index (χ2v) is 3.50. The Bertz CT molecular complexity index is 326. The zero-order chi connectivity index (χ0) is 11.0. The fourth-order valence-corrected chi connectivity index (χ4v) is 2.05. The van der Waals surface area contributed by atoms with E-state index in [4.69, 9.17) is 9.47 Å². The van der Waals surface area contributed by atoms with Gasteiger partial charge in [0, 0.05) is 4.92 Å². The van der Waals surface area contributed by atoms with Crippen LogP contribution in [0.15, 0.2) is 12.2 Å². The largest absolute Gasteiger partial charge is 0.465 e. The van der Waals surface area contributed by atoms with E-state index in [1.165, 1.54) is 0 Å². The van der Waals surface area contributed by atoms with Crippen LogP contribution in [-0.2, 0) is 14.3 Å². The highest BCUT2D eigenvalue weighted by atomic mass is 16.6. The third-order valence-electron chi connectivity index (χ3n) is 2.67. The first-order valence-electron chi connectivity index (χ1n) is 4.79. The number of fused-ring (bicyclic) bond motifs is 2. The summed E-state index contributed by atoms with van der Waals surface area (Å²) >= 11 is 0. The number of ether oxygens (including phenoxy) is 2. The van der Waals surface area contributed by atoms with E-state index in [2.05, 4.69) is 0 Å². The molecule has 1 fully saturated rings. The van der Waals surface area contributed by atoms with E-state index in [1.54, 1.807) is 19.1 Å². The maximum absolute atomic E-state index is 11.5. The number of nitro groups is 1. The molecule has 0 saturated carbocycles. The van der Waals surface area contributed by atoms with Crippen molar-refractivity contribution >= 4 is 5.97 Å². The molecule has 4 atom stereocenters. The summed E-state index contributed by atoms with van der Waals surface area (Å²) in [5.41, 5.74) is 0. The molecular weight excluding hydrogens is 202 g/mol. The second kappa shape index (κ2) is 3.62. The first-order valence-corrected chi connectivity index (χ1v) is 4.79. The predicted molar refractivity (Wildman–Crippen MR) is 48.7 cm³/mol. The molecule has 15 heavy (non-hydrogen) atoms. The van der Waals surface area contributed by atoms with Gasteiger partial charge in [0.15, 0.2) is 5.92 Å². The summed E-state index contributed by atoms with van der Waals surface area (Å²) < 4.78 is 10.1. The van der Waals surface area contributed by atoms with E-state index < -0.39 is 35.1 Å². The van der Waals surface area contributed by atoms with Gasteiger partial charge in [-0.25, -0.2) is 0 Å². The minimum atomic E-state index is -1.00. The van der Waals surface area contributed by atoms with Crippen LogP contribution >= 0.6 is 0 Å². The minimum Gasteiger partial charge on any atom is -0.465 e. The zero-order valence-corrected chi connectivity index (χ0v) is 8.16. The van der Waals surface area contributed by atoms with E-state index in [0.29, 0.717) is 0 Å². The van der Waals surface area contributed by atoms with Crippen molar-refractivity contribution in [1.29, 1.82) is 0 Å². The quantitative estimate of drug-likeness (QED) is 0.288. The van der Waals surface area contributed by atoms with Crippen LogP contribution in [0.5, 0.6) is 0 Å². The summed E-state index contributed by atoms with van der Waals surface area (Å²) in [6, 6.07) is -1.00. The molecule has 2 bridgehead atoms. The van der Waals surface area contributed by atoms with Gasteiger partial charge in [-0.15, -0.1) is 0 Å². The Balaban J connectivity index is 2.19. The Morgan fingerprint density at radius 2 is 2.20 bits per heavy atom. The Morgan fingerprint density at radius 1 is 1.53 bits per heavy atom. The minimum absolute atomic E-state index is 0.223. The molecule has 2 aliphatic heterocycles. The van der Waals surface area contributed by atoms with Crippen molar-refractivity contribution in [3.05, 3.63) is 22.3 Å². The van der Waals surface area contributed by atoms with Crippen LogP contribution in [0.25, 0.3) is 0 Å². The topological polar surface area (TPSA) is 78.7 Å². The van der Waals surface area contributed by atoms with Crippen LogP contribution in [-0.4, -0.2) is 35.7 Å². The van der Waals surface area contributed by atoms with Gasteiger partial charge in [0.25, 0.3) is 6.04 Å². The van der Waals surface area contributed by atoms with Crippen molar-refractivity contribution in [3.8, 4) is 0 Å². The summed E-state index contributed by atoms with van der Waals surface area (Å²) in [7, 11) is 0. The van der Waals surface area contributed by atoms with Crippen molar-refractivity contribution in [2.24, 2.45) is 5.92 Å². The molecule has 0 unspecified atom stereocenters. The molecule has 0 radical (unpaired) electrons. The van der Waals surface area contributed by atoms with Crippen molar-refractivity contribution in [3.63, 3.8) is 0 Å². The predicted octanol–water partition coefficient (Wildman–Crippen LogP) is 0.148. The lowest BCUT2D eigenvalue weighted by Gasteiger charge is -2.16. The smallest absolute Gasteiger partial charge is 0.319 e. The van der Waals surface area contributed by atoms with Crippen LogP contribution in [0.4, 0.5) is 0 Å². The number of hydrogen-bond acceptors (Lipinski definition) is 5. The van der Waals surface area contributed by atoms with Crippen LogP contribution < -0.4 is 0 Å². The molecule has 2 aliphatic rings. The fraction of sp³-hybridized carbons (Fsp3) is 0.667. The molecule has 1 saturated heterocycles. The molecule has 0 aromatic carbocycles. The summed E-state index contributed by atoms with van der Waals surface area (Å²) in [5, 5.41) is 10.8. The van der Waals surface area contributed by atoms with Gasteiger partial charge in [-0.3, -0.25) is 14.9 Å². The van der Waals surface area contributed by atoms with Gasteiger partial charge in [-0.2, -0.15) is 0 Å². The van der Waals surface area contributed by atoms with Gasteiger partial charge in [-0.05, 0) is 6.92 Å². The Hall–Kier alpha value is -1.43. The second-order valence-electron chi connectivity index (χ2n) is 3.50. The van der Waals surface area contributed by atoms with Crippen molar-refractivity contribution in [2.45, 2.75) is 25.2 Å². The molecule has 0 aliphatic carbocycles.